The third-order valence-electron chi connectivity index (χ3n) is 11.6. The second-order valence-corrected chi connectivity index (χ2v) is 18.4. The number of carboxylic acid groups (broad SMARTS) is 1. The van der Waals surface area contributed by atoms with Crippen LogP contribution in [0, 0.1) is 0 Å². The lowest BCUT2D eigenvalue weighted by Crippen LogP contribution is -2.55. The smallest absolute Gasteiger partial charge is 0.306 e. The summed E-state index contributed by atoms with van der Waals surface area (Å²) in [7, 11) is 5.42. The summed E-state index contributed by atoms with van der Waals surface area (Å²) in [6, 6.07) is -0.726. The van der Waals surface area contributed by atoms with Gasteiger partial charge in [0.15, 0.2) is 6.10 Å². The van der Waals surface area contributed by atoms with E-state index in [2.05, 4.69) is 38.2 Å². The Morgan fingerprint density at radius 3 is 1.20 bits per heavy atom. The van der Waals surface area contributed by atoms with Gasteiger partial charge in [-0.25, -0.2) is 0 Å². The van der Waals surface area contributed by atoms with Gasteiger partial charge in [-0.1, -0.05) is 179 Å². The summed E-state index contributed by atoms with van der Waals surface area (Å²) in [5, 5.41) is 11.7. The molecule has 0 saturated carbocycles. The van der Waals surface area contributed by atoms with Crippen molar-refractivity contribution in [1.82, 2.24) is 0 Å². The molecule has 0 spiro atoms. The number of rotatable bonds is 46. The average molecular weight is 848 g/mol. The lowest BCUT2D eigenvalue weighted by molar-refractivity contribution is -0.889. The monoisotopic (exact) mass is 848 g/mol. The summed E-state index contributed by atoms with van der Waals surface area (Å²) in [4.78, 5) is 37.0. The van der Waals surface area contributed by atoms with E-state index in [-0.39, 0.29) is 42.7 Å². The number of aliphatic carboxylic acids is 1. The molecular formula is C52H97NO7. The van der Waals surface area contributed by atoms with E-state index in [1.165, 1.54) is 154 Å². The standard InChI is InChI=1S/C52H97NO7/c1-6-8-10-12-14-16-18-20-22-24-25-26-27-29-31-33-35-37-39-41-43-51(55)60-48(46-58-45-44-49(52(56)57)53(3,4)5)47-59-50(54)42-40-38-36-34-32-30-28-23-21-19-17-15-13-11-9-7-2/h23,25-26,28,48-49H,6-22,24,27,29-47H2,1-5H3/b26-25+,28-23+. The van der Waals surface area contributed by atoms with Gasteiger partial charge in [-0.3, -0.25) is 9.59 Å². The molecule has 0 amide bonds. The molecule has 0 aromatic carbocycles. The summed E-state index contributed by atoms with van der Waals surface area (Å²) >= 11 is 0. The van der Waals surface area contributed by atoms with Gasteiger partial charge in [-0.15, -0.1) is 0 Å². The van der Waals surface area contributed by atoms with Gasteiger partial charge in [0, 0.05) is 19.3 Å². The van der Waals surface area contributed by atoms with Gasteiger partial charge < -0.3 is 28.6 Å². The molecule has 2 unspecified atom stereocenters. The van der Waals surface area contributed by atoms with Gasteiger partial charge in [0.1, 0.15) is 12.6 Å². The molecule has 0 aliphatic rings. The van der Waals surface area contributed by atoms with Gasteiger partial charge in [0.2, 0.25) is 0 Å². The van der Waals surface area contributed by atoms with Crippen LogP contribution in [0.2, 0.25) is 0 Å². The van der Waals surface area contributed by atoms with E-state index in [9.17, 15) is 19.5 Å². The zero-order valence-electron chi connectivity index (χ0n) is 40.1. The van der Waals surface area contributed by atoms with Crippen molar-refractivity contribution in [1.29, 1.82) is 0 Å². The molecule has 0 aliphatic carbocycles. The van der Waals surface area contributed by atoms with E-state index >= 15 is 0 Å². The molecule has 0 saturated heterocycles. The molecule has 0 aromatic heterocycles. The van der Waals surface area contributed by atoms with Crippen LogP contribution < -0.4 is 5.11 Å². The average Bonchev–Trinajstić information content (AvgIpc) is 3.21. The lowest BCUT2D eigenvalue weighted by Gasteiger charge is -2.34. The maximum Gasteiger partial charge on any atom is 0.306 e. The van der Waals surface area contributed by atoms with E-state index in [0.29, 0.717) is 12.8 Å². The lowest BCUT2D eigenvalue weighted by atomic mass is 10.1. The van der Waals surface area contributed by atoms with E-state index in [1.807, 2.05) is 0 Å². The fourth-order valence-electron chi connectivity index (χ4n) is 7.59. The molecule has 2 atom stereocenters. The minimum absolute atomic E-state index is 0.0396. The number of hydrogen-bond donors (Lipinski definition) is 0. The Hall–Kier alpha value is -2.19. The zero-order chi connectivity index (χ0) is 44.2. The number of ether oxygens (including phenoxy) is 3. The van der Waals surface area contributed by atoms with E-state index in [4.69, 9.17) is 14.2 Å². The van der Waals surface area contributed by atoms with Crippen LogP contribution >= 0.6 is 0 Å². The first-order valence-corrected chi connectivity index (χ1v) is 25.4. The summed E-state index contributed by atoms with van der Waals surface area (Å²) in [5.41, 5.74) is 0. The molecule has 8 nitrogen and oxygen atoms in total. The molecular weight excluding hydrogens is 751 g/mol. The van der Waals surface area contributed by atoms with Crippen LogP contribution in [0.3, 0.4) is 0 Å². The van der Waals surface area contributed by atoms with E-state index in [0.717, 1.165) is 51.4 Å². The first-order valence-electron chi connectivity index (χ1n) is 25.4. The Kier molecular flexibility index (Phi) is 41.9. The number of esters is 2. The van der Waals surface area contributed by atoms with Gasteiger partial charge in [0.05, 0.1) is 40.3 Å². The second-order valence-electron chi connectivity index (χ2n) is 18.4. The highest BCUT2D eigenvalue weighted by Gasteiger charge is 2.25. The van der Waals surface area contributed by atoms with Crippen molar-refractivity contribution in [2.45, 2.75) is 251 Å². The molecule has 0 rings (SSSR count). The number of likely N-dealkylation sites (N-methyl/N-ethyl adjacent to an activating group) is 1. The SMILES string of the molecule is CCCCCCCCC/C=C/CCCCCCCC(=O)OCC(COCCC(C(=O)[O-])[N+](C)(C)C)OC(=O)CCCCCCCCC/C=C/CCCCCCCCCCC. The Bertz CT molecular complexity index is 1040. The van der Waals surface area contributed by atoms with Crippen LogP contribution in [-0.2, 0) is 28.6 Å². The fraction of sp³-hybridized carbons (Fsp3) is 0.865. The predicted molar refractivity (Wildman–Crippen MR) is 250 cm³/mol. The van der Waals surface area contributed by atoms with Crippen LogP contribution in [0.4, 0.5) is 0 Å². The highest BCUT2D eigenvalue weighted by molar-refractivity contribution is 5.70. The normalized spacial score (nSPS) is 13.0. The molecule has 0 heterocycles. The number of allylic oxidation sites excluding steroid dienone is 4. The number of quaternary nitrogens is 1. The van der Waals surface area contributed by atoms with E-state index < -0.39 is 18.1 Å². The molecule has 0 aromatic rings. The molecule has 8 heteroatoms. The maximum atomic E-state index is 12.8. The fourth-order valence-corrected chi connectivity index (χ4v) is 7.59. The van der Waals surface area contributed by atoms with Crippen molar-refractivity contribution in [3.63, 3.8) is 0 Å². The largest absolute Gasteiger partial charge is 0.544 e. The predicted octanol–water partition coefficient (Wildman–Crippen LogP) is 13.1. The first kappa shape index (κ1) is 57.8. The van der Waals surface area contributed by atoms with Gasteiger partial charge >= 0.3 is 11.9 Å². The first-order chi connectivity index (χ1) is 29.1. The quantitative estimate of drug-likeness (QED) is 0.0260. The summed E-state index contributed by atoms with van der Waals surface area (Å²) in [6.07, 6.45) is 49.2. The Morgan fingerprint density at radius 2 is 0.833 bits per heavy atom. The molecule has 352 valence electrons. The number of nitrogens with zero attached hydrogens (tertiary/aromatic N) is 1. The van der Waals surface area contributed by atoms with Gasteiger partial charge in [0.25, 0.3) is 0 Å². The summed E-state index contributed by atoms with van der Waals surface area (Å²) in [5.74, 6) is -1.74. The Morgan fingerprint density at radius 1 is 0.483 bits per heavy atom. The molecule has 0 fully saturated rings. The Balaban J connectivity index is 4.26. The molecule has 0 N–H and O–H groups in total. The minimum Gasteiger partial charge on any atom is -0.544 e. The third-order valence-corrected chi connectivity index (χ3v) is 11.6. The topological polar surface area (TPSA) is 102 Å². The number of carbonyl (C=O) groups excluding carboxylic acids is 3. The maximum absolute atomic E-state index is 12.8. The second kappa shape index (κ2) is 43.5. The van der Waals surface area contributed by atoms with Crippen LogP contribution in [-0.4, -0.2) is 75.5 Å². The number of carboxylic acids is 1. The van der Waals surface area contributed by atoms with Crippen LogP contribution in [0.15, 0.2) is 24.3 Å². The van der Waals surface area contributed by atoms with Crippen molar-refractivity contribution < 1.29 is 38.2 Å². The van der Waals surface area contributed by atoms with E-state index in [1.54, 1.807) is 21.1 Å². The zero-order valence-corrected chi connectivity index (χ0v) is 40.1. The summed E-state index contributed by atoms with van der Waals surface area (Å²) < 4.78 is 17.2. The molecule has 60 heavy (non-hydrogen) atoms. The summed E-state index contributed by atoms with van der Waals surface area (Å²) in [6.45, 7) is 4.68. The van der Waals surface area contributed by atoms with Crippen molar-refractivity contribution in [2.24, 2.45) is 0 Å². The van der Waals surface area contributed by atoms with Crippen LogP contribution in [0.25, 0.3) is 0 Å². The molecule has 0 bridgehead atoms. The molecule has 0 radical (unpaired) electrons. The van der Waals surface area contributed by atoms with Crippen molar-refractivity contribution in [3.8, 4) is 0 Å². The number of unbranched alkanes of at least 4 members (excludes halogenated alkanes) is 28. The van der Waals surface area contributed by atoms with Crippen molar-refractivity contribution in [2.75, 3.05) is 41.0 Å². The van der Waals surface area contributed by atoms with Gasteiger partial charge in [-0.2, -0.15) is 0 Å². The van der Waals surface area contributed by atoms with Crippen LogP contribution in [0.5, 0.6) is 0 Å². The highest BCUT2D eigenvalue weighted by atomic mass is 16.6. The van der Waals surface area contributed by atoms with Crippen molar-refractivity contribution >= 4 is 17.9 Å². The molecule has 0 aliphatic heterocycles. The highest BCUT2D eigenvalue weighted by Crippen LogP contribution is 2.15. The van der Waals surface area contributed by atoms with Gasteiger partial charge in [-0.05, 0) is 64.2 Å². The number of carbonyl (C=O) groups is 3. The Labute approximate surface area is 371 Å². The minimum atomic E-state index is -1.12. The van der Waals surface area contributed by atoms with Crippen LogP contribution in [0.1, 0.15) is 239 Å². The third kappa shape index (κ3) is 41.2. The number of hydrogen-bond acceptors (Lipinski definition) is 7. The van der Waals surface area contributed by atoms with Crippen molar-refractivity contribution in [3.05, 3.63) is 24.3 Å².